The van der Waals surface area contributed by atoms with Crippen LogP contribution in [0.5, 0.6) is 5.75 Å². The Bertz CT molecular complexity index is 1210. The number of carbonyl (C=O) groups is 1. The van der Waals surface area contributed by atoms with E-state index in [1.54, 1.807) is 25.3 Å². The van der Waals surface area contributed by atoms with Gasteiger partial charge in [0.25, 0.3) is 0 Å². The van der Waals surface area contributed by atoms with Crippen LogP contribution in [0.15, 0.2) is 48.8 Å². The Hall–Kier alpha value is -4.08. The van der Waals surface area contributed by atoms with Crippen LogP contribution in [0.3, 0.4) is 0 Å². The van der Waals surface area contributed by atoms with Crippen LogP contribution in [0.25, 0.3) is 10.9 Å². The average molecular weight is 410 g/mol. The van der Waals surface area contributed by atoms with Crippen molar-refractivity contribution < 1.29 is 18.3 Å². The maximum atomic E-state index is 13.2. The Balaban J connectivity index is 1.47. The van der Waals surface area contributed by atoms with E-state index in [4.69, 9.17) is 4.74 Å². The maximum absolute atomic E-state index is 13.2. The summed E-state index contributed by atoms with van der Waals surface area (Å²) in [5.41, 5.74) is 1.27. The van der Waals surface area contributed by atoms with Gasteiger partial charge in [-0.05, 0) is 30.3 Å². The van der Waals surface area contributed by atoms with Gasteiger partial charge in [-0.25, -0.2) is 18.7 Å². The van der Waals surface area contributed by atoms with E-state index >= 15 is 0 Å². The van der Waals surface area contributed by atoms with E-state index in [-0.39, 0.29) is 12.1 Å². The molecule has 0 aliphatic rings. The average Bonchev–Trinajstić information content (AvgIpc) is 3.13. The van der Waals surface area contributed by atoms with Crippen molar-refractivity contribution in [3.63, 3.8) is 0 Å². The van der Waals surface area contributed by atoms with Crippen LogP contribution in [-0.4, -0.2) is 33.2 Å². The summed E-state index contributed by atoms with van der Waals surface area (Å²) in [5, 5.41) is 13.1. The second-order valence-electron chi connectivity index (χ2n) is 6.39. The number of methoxy groups -OCH3 is 1. The van der Waals surface area contributed by atoms with Crippen LogP contribution >= 0.6 is 0 Å². The molecule has 2 heterocycles. The van der Waals surface area contributed by atoms with Crippen molar-refractivity contribution in [3.05, 3.63) is 66.1 Å². The lowest BCUT2D eigenvalue weighted by atomic mass is 10.2. The molecule has 1 amide bonds. The number of benzene rings is 2. The Labute approximate surface area is 169 Å². The summed E-state index contributed by atoms with van der Waals surface area (Å²) >= 11 is 0. The van der Waals surface area contributed by atoms with Gasteiger partial charge in [-0.2, -0.15) is 5.10 Å². The van der Waals surface area contributed by atoms with Crippen molar-refractivity contribution in [2.24, 2.45) is 0 Å². The van der Waals surface area contributed by atoms with Gasteiger partial charge in [-0.3, -0.25) is 9.89 Å². The summed E-state index contributed by atoms with van der Waals surface area (Å²) in [5.74, 6) is -0.367. The normalized spacial score (nSPS) is 10.8. The first-order chi connectivity index (χ1) is 14.5. The van der Waals surface area contributed by atoms with Crippen molar-refractivity contribution in [1.29, 1.82) is 0 Å². The first-order valence-electron chi connectivity index (χ1n) is 8.86. The zero-order chi connectivity index (χ0) is 21.1. The molecule has 0 fully saturated rings. The number of rotatable bonds is 6. The molecule has 2 aromatic heterocycles. The van der Waals surface area contributed by atoms with Gasteiger partial charge in [-0.1, -0.05) is 0 Å². The van der Waals surface area contributed by atoms with Crippen molar-refractivity contribution in [2.45, 2.75) is 6.42 Å². The summed E-state index contributed by atoms with van der Waals surface area (Å²) in [6.07, 6.45) is 1.36. The smallest absolute Gasteiger partial charge is 0.230 e. The number of nitrogens with zero attached hydrogens (tertiary/aromatic N) is 3. The first kappa shape index (κ1) is 19.2. The number of aromatic amines is 1. The first-order valence-corrected chi connectivity index (χ1v) is 8.86. The van der Waals surface area contributed by atoms with Gasteiger partial charge in [-0.15, -0.1) is 0 Å². The lowest BCUT2D eigenvalue weighted by Gasteiger charge is -2.07. The number of hydrogen-bond donors (Lipinski definition) is 3. The van der Waals surface area contributed by atoms with Crippen LogP contribution < -0.4 is 15.4 Å². The molecule has 3 N–H and O–H groups in total. The van der Waals surface area contributed by atoms with Gasteiger partial charge < -0.3 is 15.4 Å². The molecule has 4 rings (SSSR count). The third-order valence-electron chi connectivity index (χ3n) is 4.22. The number of H-pyrrole nitrogens is 1. The number of amides is 1. The van der Waals surface area contributed by atoms with Crippen molar-refractivity contribution in [2.75, 3.05) is 17.7 Å². The summed E-state index contributed by atoms with van der Waals surface area (Å²) in [7, 11) is 1.57. The molecule has 0 aliphatic heterocycles. The zero-order valence-corrected chi connectivity index (χ0v) is 15.7. The van der Waals surface area contributed by atoms with Gasteiger partial charge >= 0.3 is 0 Å². The second-order valence-corrected chi connectivity index (χ2v) is 6.39. The summed E-state index contributed by atoms with van der Waals surface area (Å²) < 4.78 is 31.7. The maximum Gasteiger partial charge on any atom is 0.230 e. The van der Waals surface area contributed by atoms with Crippen LogP contribution in [0, 0.1) is 11.6 Å². The van der Waals surface area contributed by atoms with E-state index in [0.717, 1.165) is 29.1 Å². The van der Waals surface area contributed by atoms with E-state index in [9.17, 15) is 13.6 Å². The van der Waals surface area contributed by atoms with Gasteiger partial charge in [0.05, 0.1) is 19.0 Å². The minimum Gasteiger partial charge on any atom is -0.497 e. The van der Waals surface area contributed by atoms with Crippen LogP contribution in [0.2, 0.25) is 0 Å². The quantitative estimate of drug-likeness (QED) is 0.449. The number of ether oxygens (including phenoxy) is 1. The second kappa shape index (κ2) is 8.11. The summed E-state index contributed by atoms with van der Waals surface area (Å²) in [6.45, 7) is 0. The largest absolute Gasteiger partial charge is 0.497 e. The Morgan fingerprint density at radius 3 is 2.67 bits per heavy atom. The standard InChI is InChI=1S/C20H16F2N6O2/c1-30-15-2-3-17-16(9-15)20(24-10-23-17)26-18-7-14(27-28-18)8-19(29)25-13-5-11(21)4-12(22)6-13/h2-7,9-10H,8H2,1H3,(H,25,29)(H2,23,24,26,27,28). The van der Waals surface area contributed by atoms with E-state index in [2.05, 4.69) is 30.8 Å². The molecule has 0 radical (unpaired) electrons. The molecule has 0 unspecified atom stereocenters. The molecule has 8 nitrogen and oxygen atoms in total. The lowest BCUT2D eigenvalue weighted by molar-refractivity contribution is -0.115. The summed E-state index contributed by atoms with van der Waals surface area (Å²) in [4.78, 5) is 20.6. The monoisotopic (exact) mass is 410 g/mol. The lowest BCUT2D eigenvalue weighted by Crippen LogP contribution is -2.14. The Morgan fingerprint density at radius 1 is 1.10 bits per heavy atom. The van der Waals surface area contributed by atoms with E-state index < -0.39 is 17.5 Å². The van der Waals surface area contributed by atoms with Gasteiger partial charge in [0.1, 0.15) is 29.5 Å². The third-order valence-corrected chi connectivity index (χ3v) is 4.22. The molecular weight excluding hydrogens is 394 g/mol. The van der Waals surface area contributed by atoms with Crippen molar-refractivity contribution >= 4 is 34.1 Å². The molecule has 0 atom stereocenters. The topological polar surface area (TPSA) is 105 Å². The Morgan fingerprint density at radius 2 is 1.90 bits per heavy atom. The molecule has 0 saturated heterocycles. The minimum atomic E-state index is -0.771. The van der Waals surface area contributed by atoms with Gasteiger partial charge in [0.2, 0.25) is 5.91 Å². The van der Waals surface area contributed by atoms with Crippen molar-refractivity contribution in [3.8, 4) is 5.75 Å². The van der Waals surface area contributed by atoms with Crippen LogP contribution in [-0.2, 0) is 11.2 Å². The number of hydrogen-bond acceptors (Lipinski definition) is 6. The molecular formula is C20H16F2N6O2. The fourth-order valence-electron chi connectivity index (χ4n) is 2.90. The minimum absolute atomic E-state index is 0.0387. The molecule has 10 heteroatoms. The molecule has 152 valence electrons. The van der Waals surface area contributed by atoms with Crippen molar-refractivity contribution in [1.82, 2.24) is 20.2 Å². The third kappa shape index (κ3) is 4.32. The Kier molecular flexibility index (Phi) is 5.21. The molecule has 2 aromatic carbocycles. The van der Waals surface area contributed by atoms with E-state index in [0.29, 0.717) is 23.1 Å². The predicted octanol–water partition coefficient (Wildman–Crippen LogP) is 3.56. The number of aromatic nitrogens is 4. The fraction of sp³-hybridized carbons (Fsp3) is 0.100. The SMILES string of the molecule is COc1ccc2ncnc(Nc3cc(CC(=O)Nc4cc(F)cc(F)c4)[nH]n3)c2c1. The fourth-order valence-corrected chi connectivity index (χ4v) is 2.90. The molecule has 30 heavy (non-hydrogen) atoms. The number of anilines is 3. The molecule has 0 saturated carbocycles. The predicted molar refractivity (Wildman–Crippen MR) is 107 cm³/mol. The number of carbonyl (C=O) groups excluding carboxylic acids is 1. The molecule has 0 spiro atoms. The molecule has 0 aliphatic carbocycles. The number of nitrogens with one attached hydrogen (secondary N) is 3. The highest BCUT2D eigenvalue weighted by Crippen LogP contribution is 2.26. The van der Waals surface area contributed by atoms with Gasteiger partial charge in [0, 0.05) is 28.9 Å². The van der Waals surface area contributed by atoms with E-state index in [1.165, 1.54) is 6.33 Å². The van der Waals surface area contributed by atoms with Crippen LogP contribution in [0.1, 0.15) is 5.69 Å². The molecule has 0 bridgehead atoms. The summed E-state index contributed by atoms with van der Waals surface area (Å²) in [6, 6.07) is 9.86. The highest BCUT2D eigenvalue weighted by molar-refractivity contribution is 5.93. The number of halogens is 2. The highest BCUT2D eigenvalue weighted by atomic mass is 19.1. The van der Waals surface area contributed by atoms with Gasteiger partial charge in [0.15, 0.2) is 5.82 Å². The highest BCUT2D eigenvalue weighted by Gasteiger charge is 2.11. The number of fused-ring (bicyclic) bond motifs is 1. The van der Waals surface area contributed by atoms with Crippen LogP contribution in [0.4, 0.5) is 26.1 Å². The molecule has 4 aromatic rings. The zero-order valence-electron chi connectivity index (χ0n) is 15.7. The van der Waals surface area contributed by atoms with E-state index in [1.807, 2.05) is 6.07 Å².